The van der Waals surface area contributed by atoms with E-state index in [4.69, 9.17) is 0 Å². The molecule has 0 atom stereocenters. The molecule has 1 fully saturated rings. The lowest BCUT2D eigenvalue weighted by Gasteiger charge is -2.17. The fourth-order valence-electron chi connectivity index (χ4n) is 3.04. The number of hydrogen-bond acceptors (Lipinski definition) is 3. The molecule has 0 bridgehead atoms. The number of H-pyrrole nitrogens is 1. The van der Waals surface area contributed by atoms with Crippen LogP contribution in [0.15, 0.2) is 24.3 Å². The Balaban J connectivity index is 1.56. The highest BCUT2D eigenvalue weighted by Crippen LogP contribution is 2.31. The van der Waals surface area contributed by atoms with Crippen LogP contribution in [0.3, 0.4) is 0 Å². The molecule has 1 saturated heterocycles. The van der Waals surface area contributed by atoms with Gasteiger partial charge in [-0.25, -0.2) is 4.79 Å². The van der Waals surface area contributed by atoms with Gasteiger partial charge in [-0.15, -0.1) is 0 Å². The molecular weight excluding hydrogens is 294 g/mol. The van der Waals surface area contributed by atoms with E-state index in [2.05, 4.69) is 15.5 Å². The summed E-state index contributed by atoms with van der Waals surface area (Å²) in [6, 6.07) is 7.42. The lowest BCUT2D eigenvalue weighted by atomic mass is 10.1. The summed E-state index contributed by atoms with van der Waals surface area (Å²) >= 11 is 0. The van der Waals surface area contributed by atoms with E-state index in [1.165, 1.54) is 0 Å². The van der Waals surface area contributed by atoms with E-state index >= 15 is 0 Å². The molecule has 4 rings (SSSR count). The molecule has 0 aliphatic carbocycles. The number of urea groups is 1. The monoisotopic (exact) mass is 311 g/mol. The summed E-state index contributed by atoms with van der Waals surface area (Å²) < 4.78 is 0. The molecule has 2 aliphatic rings. The van der Waals surface area contributed by atoms with Gasteiger partial charge in [0.2, 0.25) is 0 Å². The van der Waals surface area contributed by atoms with E-state index in [0.717, 1.165) is 16.8 Å². The molecule has 2 aromatic rings. The Bertz CT molecular complexity index is 780. The largest absolute Gasteiger partial charge is 0.336 e. The van der Waals surface area contributed by atoms with E-state index < -0.39 is 0 Å². The average Bonchev–Trinajstić information content (AvgIpc) is 3.22. The molecule has 3 amide bonds. The molecule has 0 spiro atoms. The van der Waals surface area contributed by atoms with Gasteiger partial charge < -0.3 is 10.2 Å². The van der Waals surface area contributed by atoms with Crippen molar-refractivity contribution < 1.29 is 9.59 Å². The standard InChI is InChI=1S/C16H17N5O2/c1-10-2-4-11(5-3-10)15(22)20-8-12-13(9-20)18-19-14(12)21-7-6-17-16(21)23/h2-5H,6-9H2,1H3,(H,17,23)(H,18,19). The molecule has 2 N–H and O–H groups in total. The molecule has 7 heteroatoms. The number of fused-ring (bicyclic) bond motifs is 1. The summed E-state index contributed by atoms with van der Waals surface area (Å²) in [4.78, 5) is 27.8. The predicted octanol–water partition coefficient (Wildman–Crippen LogP) is 1.40. The van der Waals surface area contributed by atoms with Crippen LogP contribution >= 0.6 is 0 Å². The fraction of sp³-hybridized carbons (Fsp3) is 0.312. The number of rotatable bonds is 2. The van der Waals surface area contributed by atoms with E-state index in [9.17, 15) is 9.59 Å². The van der Waals surface area contributed by atoms with Crippen LogP contribution in [0.1, 0.15) is 27.2 Å². The third kappa shape index (κ3) is 2.25. The van der Waals surface area contributed by atoms with Crippen molar-refractivity contribution >= 4 is 17.8 Å². The normalized spacial score (nSPS) is 16.7. The first-order valence-corrected chi connectivity index (χ1v) is 7.61. The number of amides is 3. The lowest BCUT2D eigenvalue weighted by Crippen LogP contribution is -2.30. The number of nitrogens with one attached hydrogen (secondary N) is 2. The second-order valence-corrected chi connectivity index (χ2v) is 5.92. The second kappa shape index (κ2) is 5.12. The predicted molar refractivity (Wildman–Crippen MR) is 84.1 cm³/mol. The van der Waals surface area contributed by atoms with Crippen LogP contribution in [0.2, 0.25) is 0 Å². The summed E-state index contributed by atoms with van der Waals surface area (Å²) in [7, 11) is 0. The third-order valence-corrected chi connectivity index (χ3v) is 4.33. The van der Waals surface area contributed by atoms with Gasteiger partial charge in [0.25, 0.3) is 5.91 Å². The average molecular weight is 311 g/mol. The van der Waals surface area contributed by atoms with Gasteiger partial charge in [0.05, 0.1) is 18.8 Å². The number of carbonyl (C=O) groups excluding carboxylic acids is 2. The number of anilines is 1. The van der Waals surface area contributed by atoms with Crippen LogP contribution in [-0.2, 0) is 13.1 Å². The first-order valence-electron chi connectivity index (χ1n) is 7.61. The third-order valence-electron chi connectivity index (χ3n) is 4.33. The Labute approximate surface area is 133 Å². The Kier molecular flexibility index (Phi) is 3.07. The zero-order valence-corrected chi connectivity index (χ0v) is 12.8. The topological polar surface area (TPSA) is 81.3 Å². The number of hydrogen-bond donors (Lipinski definition) is 2. The maximum absolute atomic E-state index is 12.6. The Morgan fingerprint density at radius 1 is 1.22 bits per heavy atom. The fourth-order valence-corrected chi connectivity index (χ4v) is 3.04. The van der Waals surface area contributed by atoms with Crippen molar-refractivity contribution in [1.29, 1.82) is 0 Å². The number of carbonyl (C=O) groups is 2. The SMILES string of the molecule is Cc1ccc(C(=O)N2Cc3[nH]nc(N4CCNC4=O)c3C2)cc1. The quantitative estimate of drug-likeness (QED) is 0.879. The molecule has 7 nitrogen and oxygen atoms in total. The highest BCUT2D eigenvalue weighted by molar-refractivity contribution is 5.96. The zero-order chi connectivity index (χ0) is 16.0. The lowest BCUT2D eigenvalue weighted by molar-refractivity contribution is 0.0749. The molecule has 3 heterocycles. The van der Waals surface area contributed by atoms with Crippen LogP contribution in [0.25, 0.3) is 0 Å². The Morgan fingerprint density at radius 3 is 2.70 bits per heavy atom. The summed E-state index contributed by atoms with van der Waals surface area (Å²) in [6.07, 6.45) is 0. The summed E-state index contributed by atoms with van der Waals surface area (Å²) in [5.41, 5.74) is 3.64. The summed E-state index contributed by atoms with van der Waals surface area (Å²) in [6.45, 7) is 4.17. The smallest absolute Gasteiger partial charge is 0.323 e. The molecule has 118 valence electrons. The van der Waals surface area contributed by atoms with Gasteiger partial charge in [-0.3, -0.25) is 14.8 Å². The maximum atomic E-state index is 12.6. The van der Waals surface area contributed by atoms with Gasteiger partial charge in [0.1, 0.15) is 0 Å². The van der Waals surface area contributed by atoms with Crippen molar-refractivity contribution in [2.45, 2.75) is 20.0 Å². The first kappa shape index (κ1) is 13.8. The number of aromatic nitrogens is 2. The van der Waals surface area contributed by atoms with Crippen LogP contribution in [0.5, 0.6) is 0 Å². The highest BCUT2D eigenvalue weighted by atomic mass is 16.2. The zero-order valence-electron chi connectivity index (χ0n) is 12.8. The highest BCUT2D eigenvalue weighted by Gasteiger charge is 2.33. The van der Waals surface area contributed by atoms with Crippen molar-refractivity contribution in [1.82, 2.24) is 20.4 Å². The van der Waals surface area contributed by atoms with Crippen LogP contribution in [0, 0.1) is 6.92 Å². The molecule has 1 aromatic carbocycles. The van der Waals surface area contributed by atoms with Crippen molar-refractivity contribution in [3.05, 3.63) is 46.6 Å². The van der Waals surface area contributed by atoms with Crippen molar-refractivity contribution in [2.24, 2.45) is 0 Å². The first-order chi connectivity index (χ1) is 11.1. The Hall–Kier alpha value is -2.83. The van der Waals surface area contributed by atoms with Crippen molar-refractivity contribution in [2.75, 3.05) is 18.0 Å². The van der Waals surface area contributed by atoms with E-state index in [-0.39, 0.29) is 11.9 Å². The van der Waals surface area contributed by atoms with E-state index in [1.807, 2.05) is 31.2 Å². The molecule has 0 saturated carbocycles. The van der Waals surface area contributed by atoms with E-state index in [1.54, 1.807) is 9.80 Å². The molecular formula is C16H17N5O2. The molecule has 0 unspecified atom stereocenters. The van der Waals surface area contributed by atoms with Crippen LogP contribution < -0.4 is 10.2 Å². The number of aryl methyl sites for hydroxylation is 1. The van der Waals surface area contributed by atoms with Crippen LogP contribution in [-0.4, -0.2) is 40.1 Å². The van der Waals surface area contributed by atoms with Crippen molar-refractivity contribution in [3.63, 3.8) is 0 Å². The molecule has 23 heavy (non-hydrogen) atoms. The summed E-state index contributed by atoms with van der Waals surface area (Å²) in [5.74, 6) is 0.626. The maximum Gasteiger partial charge on any atom is 0.323 e. The van der Waals surface area contributed by atoms with Crippen LogP contribution in [0.4, 0.5) is 10.6 Å². The van der Waals surface area contributed by atoms with Gasteiger partial charge in [-0.1, -0.05) is 17.7 Å². The summed E-state index contributed by atoms with van der Waals surface area (Å²) in [5, 5.41) is 9.98. The number of aromatic amines is 1. The molecule has 1 aromatic heterocycles. The minimum Gasteiger partial charge on any atom is -0.336 e. The van der Waals surface area contributed by atoms with Gasteiger partial charge in [0.15, 0.2) is 5.82 Å². The van der Waals surface area contributed by atoms with Gasteiger partial charge >= 0.3 is 6.03 Å². The van der Waals surface area contributed by atoms with Gasteiger partial charge in [-0.05, 0) is 19.1 Å². The van der Waals surface area contributed by atoms with Gasteiger partial charge in [0, 0.05) is 24.2 Å². The second-order valence-electron chi connectivity index (χ2n) is 5.92. The molecule has 2 aliphatic heterocycles. The minimum atomic E-state index is -0.136. The number of nitrogens with zero attached hydrogens (tertiary/aromatic N) is 3. The van der Waals surface area contributed by atoms with Gasteiger partial charge in [-0.2, -0.15) is 5.10 Å². The van der Waals surface area contributed by atoms with E-state index in [0.29, 0.717) is 37.6 Å². The number of benzene rings is 1. The molecule has 0 radical (unpaired) electrons. The minimum absolute atomic E-state index is 0.00794. The Morgan fingerprint density at radius 2 is 2.00 bits per heavy atom. The van der Waals surface area contributed by atoms with Crippen molar-refractivity contribution in [3.8, 4) is 0 Å².